The summed E-state index contributed by atoms with van der Waals surface area (Å²) in [6.07, 6.45) is 8.35. The van der Waals surface area contributed by atoms with E-state index in [-0.39, 0.29) is 4.75 Å². The van der Waals surface area contributed by atoms with Gasteiger partial charge < -0.3 is 0 Å². The van der Waals surface area contributed by atoms with E-state index in [2.05, 4.69) is 20.8 Å². The van der Waals surface area contributed by atoms with Gasteiger partial charge in [-0.3, -0.25) is 0 Å². The highest BCUT2D eigenvalue weighted by Gasteiger charge is 2.73. The average Bonchev–Trinajstić information content (AvgIpc) is 3.04. The summed E-state index contributed by atoms with van der Waals surface area (Å²) in [7, 11) is 0. The molecule has 4 fully saturated rings. The van der Waals surface area contributed by atoms with Crippen molar-refractivity contribution in [3.8, 4) is 0 Å². The van der Waals surface area contributed by atoms with Gasteiger partial charge in [0.05, 0.1) is 0 Å². The standard InChI is InChI=1S/C16H28S2/c1-4-12-13-8-15(13)7-5-6-11(2)16(12,18)9-14(15,3)10-17/h11-13,17-18H,4-10H2,1-3H3. The van der Waals surface area contributed by atoms with Gasteiger partial charge in [-0.05, 0) is 60.0 Å². The Kier molecular flexibility index (Phi) is 3.11. The Labute approximate surface area is 124 Å². The lowest BCUT2D eigenvalue weighted by atomic mass is 9.54. The number of thiol groups is 2. The quantitative estimate of drug-likeness (QED) is 0.666. The van der Waals surface area contributed by atoms with Crippen LogP contribution < -0.4 is 0 Å². The normalized spacial score (nSPS) is 58.8. The Bertz CT molecular complexity index is 355. The molecule has 0 aromatic rings. The minimum atomic E-state index is 0.275. The number of hydrogen-bond donors (Lipinski definition) is 2. The molecule has 4 aliphatic carbocycles. The van der Waals surface area contributed by atoms with Crippen molar-refractivity contribution in [1.82, 2.24) is 0 Å². The highest BCUT2D eigenvalue weighted by molar-refractivity contribution is 7.82. The Morgan fingerprint density at radius 3 is 2.67 bits per heavy atom. The summed E-state index contributed by atoms with van der Waals surface area (Å²) in [5.41, 5.74) is 1.07. The van der Waals surface area contributed by atoms with Crippen LogP contribution in [-0.4, -0.2) is 10.5 Å². The Morgan fingerprint density at radius 1 is 1.33 bits per heavy atom. The molecule has 0 aromatic carbocycles. The maximum atomic E-state index is 5.29. The third kappa shape index (κ3) is 1.48. The molecule has 2 bridgehead atoms. The molecule has 4 rings (SSSR count). The molecule has 0 aliphatic heterocycles. The van der Waals surface area contributed by atoms with Crippen LogP contribution in [0.25, 0.3) is 0 Å². The highest BCUT2D eigenvalue weighted by atomic mass is 32.1. The first-order valence-electron chi connectivity index (χ1n) is 7.77. The van der Waals surface area contributed by atoms with Crippen LogP contribution in [-0.2, 0) is 0 Å². The van der Waals surface area contributed by atoms with Crippen LogP contribution in [0.15, 0.2) is 0 Å². The minimum Gasteiger partial charge on any atom is -0.179 e. The summed E-state index contributed by atoms with van der Waals surface area (Å²) in [6.45, 7) is 7.35. The molecule has 4 aliphatic rings. The smallest absolute Gasteiger partial charge is 0.0192 e. The van der Waals surface area contributed by atoms with E-state index < -0.39 is 0 Å². The molecule has 6 unspecified atom stereocenters. The fourth-order valence-corrected chi connectivity index (χ4v) is 7.06. The summed E-state index contributed by atoms with van der Waals surface area (Å²) in [5.74, 6) is 3.62. The average molecular weight is 285 g/mol. The van der Waals surface area contributed by atoms with Crippen LogP contribution in [0.5, 0.6) is 0 Å². The number of hydrogen-bond acceptors (Lipinski definition) is 2. The van der Waals surface area contributed by atoms with Gasteiger partial charge in [-0.25, -0.2) is 0 Å². The zero-order chi connectivity index (χ0) is 13.2. The molecule has 4 saturated carbocycles. The van der Waals surface area contributed by atoms with Gasteiger partial charge >= 0.3 is 0 Å². The molecular weight excluding hydrogens is 256 g/mol. The predicted octanol–water partition coefficient (Wildman–Crippen LogP) is 4.85. The van der Waals surface area contributed by atoms with Crippen molar-refractivity contribution >= 4 is 25.3 Å². The van der Waals surface area contributed by atoms with Gasteiger partial charge in [-0.2, -0.15) is 25.3 Å². The zero-order valence-corrected chi connectivity index (χ0v) is 13.9. The van der Waals surface area contributed by atoms with Gasteiger partial charge in [0.25, 0.3) is 0 Å². The van der Waals surface area contributed by atoms with Crippen LogP contribution in [0.3, 0.4) is 0 Å². The van der Waals surface area contributed by atoms with E-state index in [0.717, 1.165) is 23.5 Å². The molecule has 0 saturated heterocycles. The second-order valence-electron chi connectivity index (χ2n) is 7.66. The third-order valence-corrected chi connectivity index (χ3v) is 8.67. The van der Waals surface area contributed by atoms with Gasteiger partial charge in [0, 0.05) is 4.75 Å². The highest BCUT2D eigenvalue weighted by Crippen LogP contribution is 2.78. The first kappa shape index (κ1) is 13.7. The Morgan fingerprint density at radius 2 is 2.06 bits per heavy atom. The van der Waals surface area contributed by atoms with Gasteiger partial charge in [0.1, 0.15) is 0 Å². The molecule has 0 amide bonds. The molecule has 0 N–H and O–H groups in total. The molecule has 0 radical (unpaired) electrons. The van der Waals surface area contributed by atoms with Crippen molar-refractivity contribution in [2.24, 2.45) is 28.6 Å². The summed E-state index contributed by atoms with van der Waals surface area (Å²) >= 11 is 10.0. The maximum absolute atomic E-state index is 5.29. The number of fused-ring (bicyclic) bond motifs is 4. The largest absolute Gasteiger partial charge is 0.179 e. The lowest BCUT2D eigenvalue weighted by molar-refractivity contribution is 0.00895. The van der Waals surface area contributed by atoms with Crippen molar-refractivity contribution < 1.29 is 0 Å². The van der Waals surface area contributed by atoms with Crippen LogP contribution in [0.1, 0.15) is 59.3 Å². The SMILES string of the molecule is CCC1C2CC23CCCC(C)C1(S)CC3(C)CS. The van der Waals surface area contributed by atoms with E-state index in [0.29, 0.717) is 10.8 Å². The van der Waals surface area contributed by atoms with E-state index in [4.69, 9.17) is 25.3 Å². The van der Waals surface area contributed by atoms with Crippen molar-refractivity contribution in [3.63, 3.8) is 0 Å². The first-order chi connectivity index (χ1) is 8.43. The molecular formula is C16H28S2. The zero-order valence-electron chi connectivity index (χ0n) is 12.1. The van der Waals surface area contributed by atoms with Crippen molar-refractivity contribution in [3.05, 3.63) is 0 Å². The molecule has 18 heavy (non-hydrogen) atoms. The van der Waals surface area contributed by atoms with E-state index in [1.807, 2.05) is 0 Å². The number of rotatable bonds is 2. The Balaban J connectivity index is 2.06. The van der Waals surface area contributed by atoms with Gasteiger partial charge in [-0.15, -0.1) is 0 Å². The minimum absolute atomic E-state index is 0.275. The predicted molar refractivity (Wildman–Crippen MR) is 85.6 cm³/mol. The summed E-state index contributed by atoms with van der Waals surface area (Å²) < 4.78 is 0.275. The van der Waals surface area contributed by atoms with Crippen molar-refractivity contribution in [1.29, 1.82) is 0 Å². The molecule has 0 heterocycles. The summed E-state index contributed by atoms with van der Waals surface area (Å²) in [5, 5.41) is 0. The van der Waals surface area contributed by atoms with Crippen LogP contribution in [0, 0.1) is 28.6 Å². The molecule has 1 spiro atoms. The molecule has 0 aromatic heterocycles. The van der Waals surface area contributed by atoms with Gasteiger partial charge in [-0.1, -0.05) is 33.6 Å². The summed E-state index contributed by atoms with van der Waals surface area (Å²) in [4.78, 5) is 0. The second-order valence-corrected chi connectivity index (χ2v) is 8.81. The van der Waals surface area contributed by atoms with Crippen molar-refractivity contribution in [2.45, 2.75) is 64.0 Å². The first-order valence-corrected chi connectivity index (χ1v) is 8.85. The lowest BCUT2D eigenvalue weighted by Crippen LogP contribution is -2.54. The molecule has 6 atom stereocenters. The fraction of sp³-hybridized carbons (Fsp3) is 1.00. The monoisotopic (exact) mass is 284 g/mol. The van der Waals surface area contributed by atoms with Crippen molar-refractivity contribution in [2.75, 3.05) is 5.75 Å². The van der Waals surface area contributed by atoms with Crippen LogP contribution in [0.2, 0.25) is 0 Å². The van der Waals surface area contributed by atoms with Gasteiger partial charge in [0.2, 0.25) is 0 Å². The van der Waals surface area contributed by atoms with Crippen LogP contribution >= 0.6 is 25.3 Å². The van der Waals surface area contributed by atoms with E-state index in [1.54, 1.807) is 0 Å². The van der Waals surface area contributed by atoms with Gasteiger partial charge in [0.15, 0.2) is 0 Å². The topological polar surface area (TPSA) is 0 Å². The molecule has 104 valence electrons. The molecule has 0 nitrogen and oxygen atoms in total. The lowest BCUT2D eigenvalue weighted by Gasteiger charge is -2.57. The van der Waals surface area contributed by atoms with Crippen LogP contribution in [0.4, 0.5) is 0 Å². The van der Waals surface area contributed by atoms with E-state index >= 15 is 0 Å². The Hall–Kier alpha value is 0.700. The summed E-state index contributed by atoms with van der Waals surface area (Å²) in [6, 6.07) is 0. The van der Waals surface area contributed by atoms with E-state index in [9.17, 15) is 0 Å². The second kappa shape index (κ2) is 4.10. The fourth-order valence-electron chi connectivity index (χ4n) is 5.79. The maximum Gasteiger partial charge on any atom is 0.0192 e. The molecule has 2 heteroatoms. The van der Waals surface area contributed by atoms with E-state index in [1.165, 1.54) is 38.5 Å². The third-order valence-electron chi connectivity index (χ3n) is 7.04.